The lowest BCUT2D eigenvalue weighted by atomic mass is 9.89. The summed E-state index contributed by atoms with van der Waals surface area (Å²) in [5, 5.41) is 5.80. The van der Waals surface area contributed by atoms with Crippen LogP contribution in [0.4, 0.5) is 28.9 Å². The maximum Gasteiger partial charge on any atom is 0.408 e. The lowest BCUT2D eigenvalue weighted by Gasteiger charge is -2.42. The summed E-state index contributed by atoms with van der Waals surface area (Å²) >= 11 is 0. The molecule has 0 radical (unpaired) electrons. The third-order valence-electron chi connectivity index (χ3n) is 5.65. The Morgan fingerprint density at radius 3 is 2.62 bits per heavy atom. The number of nitrogens with one attached hydrogen (secondary N) is 2. The molecule has 2 fully saturated rings. The van der Waals surface area contributed by atoms with Crippen LogP contribution in [-0.2, 0) is 10.0 Å². The van der Waals surface area contributed by atoms with Crippen molar-refractivity contribution in [3.63, 3.8) is 0 Å². The highest BCUT2D eigenvalue weighted by atomic mass is 32.2. The van der Waals surface area contributed by atoms with E-state index in [1.165, 1.54) is 0 Å². The van der Waals surface area contributed by atoms with Crippen molar-refractivity contribution in [1.82, 2.24) is 5.32 Å². The van der Waals surface area contributed by atoms with Crippen molar-refractivity contribution in [1.29, 1.82) is 0 Å². The Labute approximate surface area is 166 Å². The van der Waals surface area contributed by atoms with Crippen LogP contribution in [-0.4, -0.2) is 46.6 Å². The fourth-order valence-electron chi connectivity index (χ4n) is 4.10. The van der Waals surface area contributed by atoms with Gasteiger partial charge in [-0.15, -0.1) is 4.40 Å². The number of nitrogens with zero attached hydrogens (tertiary/aromatic N) is 2. The van der Waals surface area contributed by atoms with Crippen molar-refractivity contribution in [3.8, 4) is 0 Å². The van der Waals surface area contributed by atoms with Crippen LogP contribution in [0.15, 0.2) is 21.4 Å². The van der Waals surface area contributed by atoms with Crippen LogP contribution in [0.2, 0.25) is 0 Å². The molecule has 0 aromatic heterocycles. The number of piperidine rings is 1. The summed E-state index contributed by atoms with van der Waals surface area (Å²) < 4.78 is 84.8. The summed E-state index contributed by atoms with van der Waals surface area (Å²) in [5.74, 6) is -0.922. The zero-order valence-electron chi connectivity index (χ0n) is 15.8. The Kier molecular flexibility index (Phi) is 5.01. The topological polar surface area (TPSA) is 73.8 Å². The van der Waals surface area contributed by atoms with E-state index >= 15 is 0 Å². The van der Waals surface area contributed by atoms with Gasteiger partial charge in [0.05, 0.1) is 11.4 Å². The molecule has 2 atom stereocenters. The second-order valence-corrected chi connectivity index (χ2v) is 9.42. The first-order valence-corrected chi connectivity index (χ1v) is 11.0. The maximum absolute atomic E-state index is 14.3. The van der Waals surface area contributed by atoms with Crippen LogP contribution in [0, 0.1) is 17.7 Å². The third kappa shape index (κ3) is 3.94. The second-order valence-electron chi connectivity index (χ2n) is 7.85. The van der Waals surface area contributed by atoms with Crippen molar-refractivity contribution in [3.05, 3.63) is 17.9 Å². The predicted octanol–water partition coefficient (Wildman–Crippen LogP) is 3.12. The van der Waals surface area contributed by atoms with Gasteiger partial charge in [0.15, 0.2) is 0 Å². The normalized spacial score (nSPS) is 26.5. The molecule has 0 bridgehead atoms. The Morgan fingerprint density at radius 1 is 1.28 bits per heavy atom. The molecule has 1 aromatic rings. The van der Waals surface area contributed by atoms with E-state index in [9.17, 15) is 26.0 Å². The molecule has 4 rings (SSSR count). The fraction of sp³-hybridized carbons (Fsp3) is 0.611. The number of hydrogen-bond acceptors (Lipinski definition) is 5. The van der Waals surface area contributed by atoms with Gasteiger partial charge in [0.2, 0.25) is 0 Å². The maximum atomic E-state index is 14.3. The van der Waals surface area contributed by atoms with E-state index in [0.717, 1.165) is 29.9 Å². The summed E-state index contributed by atoms with van der Waals surface area (Å²) in [4.78, 5) is 0.669. The zero-order chi connectivity index (χ0) is 21.0. The van der Waals surface area contributed by atoms with Crippen molar-refractivity contribution >= 4 is 27.2 Å². The highest BCUT2D eigenvalue weighted by Gasteiger charge is 2.48. The van der Waals surface area contributed by atoms with Crippen LogP contribution in [0.1, 0.15) is 25.7 Å². The van der Waals surface area contributed by atoms with Crippen LogP contribution < -0.4 is 15.5 Å². The van der Waals surface area contributed by atoms with Crippen molar-refractivity contribution in [2.24, 2.45) is 16.2 Å². The van der Waals surface area contributed by atoms with E-state index in [2.05, 4.69) is 15.0 Å². The van der Waals surface area contributed by atoms with E-state index in [-0.39, 0.29) is 42.0 Å². The first-order chi connectivity index (χ1) is 13.6. The van der Waals surface area contributed by atoms with E-state index < -0.39 is 33.0 Å². The van der Waals surface area contributed by atoms with Gasteiger partial charge in [-0.25, -0.2) is 4.39 Å². The number of rotatable bonds is 4. The average molecular weight is 434 g/mol. The first kappa shape index (κ1) is 20.4. The summed E-state index contributed by atoms with van der Waals surface area (Å²) in [5.41, 5.74) is -0.0912. The summed E-state index contributed by atoms with van der Waals surface area (Å²) in [7, 11) is -2.50. The number of benzene rings is 1. The Morgan fingerprint density at radius 2 is 2.00 bits per heavy atom. The molecule has 1 saturated heterocycles. The quantitative estimate of drug-likeness (QED) is 0.713. The Bertz CT molecular complexity index is 944. The van der Waals surface area contributed by atoms with Gasteiger partial charge in [0, 0.05) is 12.5 Å². The van der Waals surface area contributed by atoms with Crippen LogP contribution in [0.5, 0.6) is 0 Å². The molecule has 1 saturated carbocycles. The van der Waals surface area contributed by atoms with Crippen molar-refractivity contribution < 1.29 is 26.0 Å². The molecule has 3 aliphatic rings. The molecular formula is C18H22F4N4O2S. The van der Waals surface area contributed by atoms with Crippen molar-refractivity contribution in [2.75, 3.05) is 30.4 Å². The number of hydrogen-bond donors (Lipinski definition) is 2. The number of fused-ring (bicyclic) bond motifs is 1. The predicted molar refractivity (Wildman–Crippen MR) is 101 cm³/mol. The van der Waals surface area contributed by atoms with Gasteiger partial charge in [0.1, 0.15) is 22.6 Å². The number of alkyl halides is 3. The molecule has 11 heteroatoms. The molecule has 2 N–H and O–H groups in total. The summed E-state index contributed by atoms with van der Waals surface area (Å²) in [6, 6.07) is -0.0350. The fourth-order valence-corrected chi connectivity index (χ4v) is 5.32. The Balaban J connectivity index is 1.78. The molecule has 6 nitrogen and oxygen atoms in total. The van der Waals surface area contributed by atoms with Gasteiger partial charge >= 0.3 is 6.18 Å². The number of amidine groups is 1. The van der Waals surface area contributed by atoms with Crippen LogP contribution in [0.25, 0.3) is 0 Å². The van der Waals surface area contributed by atoms with E-state index in [4.69, 9.17) is 0 Å². The first-order valence-electron chi connectivity index (χ1n) is 9.53. The minimum absolute atomic E-state index is 0.00961. The van der Waals surface area contributed by atoms with Crippen LogP contribution >= 0.6 is 0 Å². The molecule has 160 valence electrons. The van der Waals surface area contributed by atoms with E-state index in [0.29, 0.717) is 13.0 Å². The number of halogens is 4. The minimum Gasteiger partial charge on any atom is -0.358 e. The monoisotopic (exact) mass is 434 g/mol. The van der Waals surface area contributed by atoms with Gasteiger partial charge in [-0.1, -0.05) is 0 Å². The summed E-state index contributed by atoms with van der Waals surface area (Å²) in [6.07, 6.45) is -2.69. The molecule has 29 heavy (non-hydrogen) atoms. The zero-order valence-corrected chi connectivity index (χ0v) is 16.6. The highest BCUT2D eigenvalue weighted by Crippen LogP contribution is 2.45. The SMILES string of the molecule is CNC[C@@H]1CCN(c2cc(F)cc3c2NC(C2CC2)=NS3(=O)=O)[C@H](C(F)(F)F)C1. The van der Waals surface area contributed by atoms with Gasteiger partial charge in [0.25, 0.3) is 10.0 Å². The molecule has 1 aromatic carbocycles. The minimum atomic E-state index is -4.54. The number of anilines is 2. The molecule has 0 spiro atoms. The van der Waals surface area contributed by atoms with Gasteiger partial charge in [-0.2, -0.15) is 21.6 Å². The standard InChI is InChI=1S/C18H22F4N4O2S/c1-23-9-10-4-5-26(15(6-10)18(20,21)22)13-7-12(19)8-14-16(13)24-17(11-2-3-11)25-29(14,27)28/h7-8,10-11,15,23H,2-6,9H2,1H3,(H,24,25)/t10-,15+/m1/s1. The van der Waals surface area contributed by atoms with Gasteiger partial charge in [-0.3, -0.25) is 0 Å². The number of sulfonamides is 1. The van der Waals surface area contributed by atoms with Gasteiger partial charge in [-0.05, 0) is 57.3 Å². The molecular weight excluding hydrogens is 412 g/mol. The molecule has 2 heterocycles. The van der Waals surface area contributed by atoms with Crippen molar-refractivity contribution in [2.45, 2.75) is 42.8 Å². The molecule has 1 aliphatic carbocycles. The largest absolute Gasteiger partial charge is 0.408 e. The molecule has 0 unspecified atom stereocenters. The lowest BCUT2D eigenvalue weighted by molar-refractivity contribution is -0.155. The Hall–Kier alpha value is -1.88. The second kappa shape index (κ2) is 7.12. The van der Waals surface area contributed by atoms with Crippen LogP contribution in [0.3, 0.4) is 0 Å². The van der Waals surface area contributed by atoms with E-state index in [1.54, 1.807) is 7.05 Å². The molecule has 2 aliphatic heterocycles. The highest BCUT2D eigenvalue weighted by molar-refractivity contribution is 7.90. The van der Waals surface area contributed by atoms with E-state index in [1.807, 2.05) is 0 Å². The smallest absolute Gasteiger partial charge is 0.358 e. The lowest BCUT2D eigenvalue weighted by Crippen LogP contribution is -2.52. The summed E-state index contributed by atoms with van der Waals surface area (Å²) in [6.45, 7) is 0.497. The third-order valence-corrected chi connectivity index (χ3v) is 6.97. The molecule has 0 amide bonds. The average Bonchev–Trinajstić information content (AvgIpc) is 3.46. The van der Waals surface area contributed by atoms with Gasteiger partial charge < -0.3 is 15.5 Å².